The third-order valence-corrected chi connectivity index (χ3v) is 11.3. The molecule has 7 heteroatoms. The van der Waals surface area contributed by atoms with Gasteiger partial charge >= 0.3 is 11.9 Å². The predicted molar refractivity (Wildman–Crippen MR) is 121 cm³/mol. The van der Waals surface area contributed by atoms with Gasteiger partial charge in [0, 0.05) is 18.2 Å². The Balaban J connectivity index is 0.00000272. The summed E-state index contributed by atoms with van der Waals surface area (Å²) in [5.41, 5.74) is 5.27. The average Bonchev–Trinajstić information content (AvgIpc) is 2.94. The molecule has 0 saturated carbocycles. The molecule has 1 aromatic carbocycles. The Morgan fingerprint density at radius 1 is 1.10 bits per heavy atom. The monoisotopic (exact) mass is 553 g/mol. The van der Waals surface area contributed by atoms with E-state index >= 15 is 0 Å². The second-order valence-corrected chi connectivity index (χ2v) is 12.2. The number of hydrogen-bond donors (Lipinski definition) is 0. The van der Waals surface area contributed by atoms with Gasteiger partial charge in [0.05, 0.1) is 33.3 Å². The van der Waals surface area contributed by atoms with E-state index in [1.54, 1.807) is 0 Å². The van der Waals surface area contributed by atoms with Crippen LogP contribution in [0.3, 0.4) is 0 Å². The van der Waals surface area contributed by atoms with Gasteiger partial charge in [-0.15, -0.1) is 0 Å². The summed E-state index contributed by atoms with van der Waals surface area (Å²) in [6.45, 7) is 10.6. The Labute approximate surface area is 201 Å². The molecule has 0 aromatic heterocycles. The third kappa shape index (κ3) is 3.29. The molecule has 4 rings (SSSR count). The lowest BCUT2D eigenvalue weighted by molar-refractivity contribution is -0.149. The number of esters is 2. The standard InChI is InChI=1S/C24H29NO4P.HI/c1-6-28-22(26)21-20-19-11-9-8-10-18(19)12-13-25(20)24(23(27)29-7-2)14-16(3)17(4)15-30(21,24)5;/h8-13H,6-7,14-15H2,1-5H3;1H/q+1;/p-1. The number of allylic oxidation sites excluding steroid dienone is 1. The maximum absolute atomic E-state index is 13.7. The van der Waals surface area contributed by atoms with Crippen LogP contribution in [-0.4, -0.2) is 48.2 Å². The molecule has 0 radical (unpaired) electrons. The van der Waals surface area contributed by atoms with E-state index in [0.29, 0.717) is 31.1 Å². The van der Waals surface area contributed by atoms with Crippen molar-refractivity contribution < 1.29 is 43.0 Å². The number of hydrogen-bond acceptors (Lipinski definition) is 5. The first-order chi connectivity index (χ1) is 14.3. The highest BCUT2D eigenvalue weighted by Gasteiger charge is 2.75. The van der Waals surface area contributed by atoms with Crippen molar-refractivity contribution >= 4 is 31.0 Å². The molecule has 0 bridgehead atoms. The van der Waals surface area contributed by atoms with Crippen LogP contribution in [0.15, 0.2) is 46.9 Å². The Kier molecular flexibility index (Phi) is 6.73. The molecular weight excluding hydrogens is 524 g/mol. The number of halogens is 1. The molecule has 31 heavy (non-hydrogen) atoms. The number of benzene rings is 1. The van der Waals surface area contributed by atoms with Crippen LogP contribution in [0.1, 0.15) is 45.2 Å². The van der Waals surface area contributed by atoms with Gasteiger partial charge in [-0.25, -0.2) is 9.59 Å². The van der Waals surface area contributed by atoms with Crippen LogP contribution in [0.25, 0.3) is 11.8 Å². The van der Waals surface area contributed by atoms with Crippen molar-refractivity contribution in [2.24, 2.45) is 0 Å². The number of rotatable bonds is 4. The summed E-state index contributed by atoms with van der Waals surface area (Å²) in [5, 5.41) is -0.227. The van der Waals surface area contributed by atoms with E-state index in [2.05, 4.69) is 20.5 Å². The number of ether oxygens (including phenoxy) is 2. The van der Waals surface area contributed by atoms with Crippen molar-refractivity contribution in [1.82, 2.24) is 4.90 Å². The van der Waals surface area contributed by atoms with Crippen molar-refractivity contribution in [3.63, 3.8) is 0 Å². The van der Waals surface area contributed by atoms with Gasteiger partial charge in [0.25, 0.3) is 5.28 Å². The molecule has 0 aliphatic carbocycles. The Morgan fingerprint density at radius 3 is 2.45 bits per heavy atom. The molecule has 0 fully saturated rings. The summed E-state index contributed by atoms with van der Waals surface area (Å²) >= 11 is 0. The summed E-state index contributed by atoms with van der Waals surface area (Å²) in [4.78, 5) is 29.1. The van der Waals surface area contributed by atoms with Crippen molar-refractivity contribution in [3.8, 4) is 0 Å². The third-order valence-electron chi connectivity index (χ3n) is 6.66. The first-order valence-corrected chi connectivity index (χ1v) is 12.9. The van der Waals surface area contributed by atoms with Gasteiger partial charge in [0.15, 0.2) is 0 Å². The molecule has 5 nitrogen and oxygen atoms in total. The van der Waals surface area contributed by atoms with Crippen LogP contribution in [-0.2, 0) is 19.1 Å². The molecule has 166 valence electrons. The molecule has 2 unspecified atom stereocenters. The predicted octanol–water partition coefficient (Wildman–Crippen LogP) is 1.87. The Bertz CT molecular complexity index is 1030. The summed E-state index contributed by atoms with van der Waals surface area (Å²) < 4.78 is 11.2. The zero-order valence-corrected chi connectivity index (χ0v) is 21.7. The lowest BCUT2D eigenvalue weighted by Crippen LogP contribution is -3.00. The quantitative estimate of drug-likeness (QED) is 0.247. The normalized spacial score (nSPS) is 26.0. The smallest absolute Gasteiger partial charge is 0.376 e. The van der Waals surface area contributed by atoms with E-state index in [1.165, 1.54) is 11.1 Å². The van der Waals surface area contributed by atoms with Crippen LogP contribution in [0.4, 0.5) is 0 Å². The van der Waals surface area contributed by atoms with Gasteiger partial charge < -0.3 is 33.5 Å². The number of fused-ring (bicyclic) bond motifs is 5. The van der Waals surface area contributed by atoms with Gasteiger partial charge in [-0.3, -0.25) is 4.90 Å². The first kappa shape index (κ1) is 24.0. The van der Waals surface area contributed by atoms with Gasteiger partial charge in [-0.05, 0) is 44.9 Å². The molecule has 1 aromatic rings. The molecule has 3 heterocycles. The summed E-state index contributed by atoms with van der Waals surface area (Å²) in [6.07, 6.45) is 5.26. The van der Waals surface area contributed by atoms with Crippen LogP contribution in [0.5, 0.6) is 0 Å². The number of nitrogens with zero attached hydrogens (tertiary/aromatic N) is 1. The maximum atomic E-state index is 13.7. The van der Waals surface area contributed by atoms with Crippen LogP contribution >= 0.6 is 7.26 Å². The highest BCUT2D eigenvalue weighted by Crippen LogP contribution is 2.83. The molecule has 3 aliphatic rings. The highest BCUT2D eigenvalue weighted by atomic mass is 127. The maximum Gasteiger partial charge on any atom is 0.376 e. The van der Waals surface area contributed by atoms with E-state index in [0.717, 1.165) is 16.8 Å². The lowest BCUT2D eigenvalue weighted by atomic mass is 9.95. The minimum Gasteiger partial charge on any atom is -1.00 e. The van der Waals surface area contributed by atoms with E-state index in [9.17, 15) is 9.59 Å². The minimum atomic E-state index is -2.34. The molecule has 2 atom stereocenters. The molecular formula is C24H29INO4P. The number of carbonyl (C=O) groups is 2. The molecule has 0 spiro atoms. The molecule has 0 N–H and O–H groups in total. The van der Waals surface area contributed by atoms with Crippen LogP contribution < -0.4 is 24.0 Å². The topological polar surface area (TPSA) is 55.8 Å². The van der Waals surface area contributed by atoms with Gasteiger partial charge in [-0.2, -0.15) is 0 Å². The van der Waals surface area contributed by atoms with Crippen molar-refractivity contribution in [2.75, 3.05) is 26.0 Å². The fraction of sp³-hybridized carbons (Fsp3) is 0.417. The van der Waals surface area contributed by atoms with Crippen molar-refractivity contribution in [3.05, 3.63) is 58.1 Å². The largest absolute Gasteiger partial charge is 1.00 e. The lowest BCUT2D eigenvalue weighted by Gasteiger charge is -2.44. The molecule has 0 amide bonds. The second-order valence-electron chi connectivity index (χ2n) is 8.31. The van der Waals surface area contributed by atoms with Crippen LogP contribution in [0.2, 0.25) is 0 Å². The Hall–Kier alpha value is -1.66. The van der Waals surface area contributed by atoms with E-state index in [-0.39, 0.29) is 35.9 Å². The minimum absolute atomic E-state index is 0. The average molecular weight is 553 g/mol. The van der Waals surface area contributed by atoms with Crippen molar-refractivity contribution in [1.29, 1.82) is 0 Å². The SMILES string of the molecule is CCOC(=O)C1=C2c3ccccc3C=CN2C2(C(=O)OCC)CC(C)=C(C)C[P+]12C.[I-]. The van der Waals surface area contributed by atoms with Gasteiger partial charge in [0.2, 0.25) is 5.31 Å². The number of carbonyl (C=O) groups excluding carboxylic acids is 2. The zero-order chi connectivity index (χ0) is 21.7. The summed E-state index contributed by atoms with van der Waals surface area (Å²) in [5.74, 6) is -0.550. The highest BCUT2D eigenvalue weighted by molar-refractivity contribution is 7.83. The first-order valence-electron chi connectivity index (χ1n) is 10.5. The summed E-state index contributed by atoms with van der Waals surface area (Å²) in [6, 6.07) is 8.02. The fourth-order valence-corrected chi connectivity index (χ4v) is 10.0. The van der Waals surface area contributed by atoms with E-state index < -0.39 is 12.5 Å². The molecule has 3 aliphatic heterocycles. The Morgan fingerprint density at radius 2 is 1.77 bits per heavy atom. The van der Waals surface area contributed by atoms with Gasteiger partial charge in [-0.1, -0.05) is 29.8 Å². The van der Waals surface area contributed by atoms with Gasteiger partial charge in [0.1, 0.15) is 5.70 Å². The van der Waals surface area contributed by atoms with E-state index in [1.807, 2.05) is 55.3 Å². The van der Waals surface area contributed by atoms with Crippen molar-refractivity contribution in [2.45, 2.75) is 39.4 Å². The summed E-state index contributed by atoms with van der Waals surface area (Å²) in [7, 11) is -2.34. The van der Waals surface area contributed by atoms with E-state index in [4.69, 9.17) is 9.47 Å². The molecule has 0 saturated heterocycles. The zero-order valence-electron chi connectivity index (χ0n) is 18.7. The second kappa shape index (κ2) is 8.70. The fourth-order valence-electron chi connectivity index (χ4n) is 5.14. The van der Waals surface area contributed by atoms with Crippen LogP contribution in [0, 0.1) is 0 Å².